The standard InChI is InChI=1S/C26H39N3/c1-4-24-20-28(18-22-13-9-7-10-14-22)26(6-3)21-29(25(5-2)17-27-24)19-23-15-11-8-12-16-23/h7-16,24-27H,4-6,17-21H2,1-3H3/t24-,25-,26-/m0/s1. The highest BCUT2D eigenvalue weighted by Crippen LogP contribution is 2.20. The third-order valence-electron chi connectivity index (χ3n) is 6.47. The zero-order valence-corrected chi connectivity index (χ0v) is 18.6. The molecule has 0 radical (unpaired) electrons. The highest BCUT2D eigenvalue weighted by molar-refractivity contribution is 5.16. The summed E-state index contributed by atoms with van der Waals surface area (Å²) in [6.45, 7) is 12.4. The van der Waals surface area contributed by atoms with Gasteiger partial charge in [-0.1, -0.05) is 81.4 Å². The van der Waals surface area contributed by atoms with Gasteiger partial charge in [0, 0.05) is 50.8 Å². The molecule has 3 atom stereocenters. The lowest BCUT2D eigenvalue weighted by Gasteiger charge is -2.37. The van der Waals surface area contributed by atoms with Gasteiger partial charge in [-0.3, -0.25) is 9.80 Å². The minimum Gasteiger partial charge on any atom is -0.311 e. The van der Waals surface area contributed by atoms with Crippen LogP contribution in [-0.4, -0.2) is 47.6 Å². The van der Waals surface area contributed by atoms with Crippen LogP contribution in [0.25, 0.3) is 0 Å². The normalized spacial score (nSPS) is 24.6. The molecule has 1 heterocycles. The van der Waals surface area contributed by atoms with Gasteiger partial charge in [-0.15, -0.1) is 0 Å². The van der Waals surface area contributed by atoms with Gasteiger partial charge in [0.05, 0.1) is 0 Å². The Bertz CT molecular complexity index is 648. The molecule has 3 rings (SSSR count). The van der Waals surface area contributed by atoms with Gasteiger partial charge < -0.3 is 5.32 Å². The number of rotatable bonds is 7. The second-order valence-corrected chi connectivity index (χ2v) is 8.47. The summed E-state index contributed by atoms with van der Waals surface area (Å²) in [5.74, 6) is 0. The molecular formula is C26H39N3. The smallest absolute Gasteiger partial charge is 0.0237 e. The van der Waals surface area contributed by atoms with E-state index in [0.29, 0.717) is 18.1 Å². The molecule has 1 aliphatic heterocycles. The average molecular weight is 394 g/mol. The van der Waals surface area contributed by atoms with E-state index in [4.69, 9.17) is 0 Å². The molecule has 0 spiro atoms. The van der Waals surface area contributed by atoms with E-state index in [2.05, 4.69) is 96.6 Å². The van der Waals surface area contributed by atoms with Crippen molar-refractivity contribution in [2.45, 2.75) is 71.2 Å². The molecule has 2 aromatic carbocycles. The van der Waals surface area contributed by atoms with Crippen LogP contribution in [0.4, 0.5) is 0 Å². The van der Waals surface area contributed by atoms with Crippen molar-refractivity contribution in [3.63, 3.8) is 0 Å². The van der Waals surface area contributed by atoms with Crippen molar-refractivity contribution in [3.05, 3.63) is 71.8 Å². The van der Waals surface area contributed by atoms with Crippen molar-refractivity contribution in [2.24, 2.45) is 0 Å². The maximum atomic E-state index is 3.91. The molecular weight excluding hydrogens is 354 g/mol. The monoisotopic (exact) mass is 393 g/mol. The fraction of sp³-hybridized carbons (Fsp3) is 0.538. The number of hydrogen-bond donors (Lipinski definition) is 1. The molecule has 0 bridgehead atoms. The first-order chi connectivity index (χ1) is 14.2. The van der Waals surface area contributed by atoms with Crippen molar-refractivity contribution in [2.75, 3.05) is 19.6 Å². The van der Waals surface area contributed by atoms with E-state index >= 15 is 0 Å². The molecule has 2 aromatic rings. The Morgan fingerprint density at radius 2 is 1.21 bits per heavy atom. The second kappa shape index (κ2) is 11.5. The Morgan fingerprint density at radius 3 is 1.69 bits per heavy atom. The minimum absolute atomic E-state index is 0.554. The molecule has 0 amide bonds. The van der Waals surface area contributed by atoms with E-state index in [1.165, 1.54) is 30.4 Å². The van der Waals surface area contributed by atoms with E-state index in [0.717, 1.165) is 32.7 Å². The Labute approximate surface area is 178 Å². The van der Waals surface area contributed by atoms with E-state index in [9.17, 15) is 0 Å². The van der Waals surface area contributed by atoms with Gasteiger partial charge in [0.25, 0.3) is 0 Å². The van der Waals surface area contributed by atoms with Gasteiger partial charge in [-0.05, 0) is 30.4 Å². The highest BCUT2D eigenvalue weighted by Gasteiger charge is 2.28. The van der Waals surface area contributed by atoms with Crippen molar-refractivity contribution < 1.29 is 0 Å². The van der Waals surface area contributed by atoms with Crippen molar-refractivity contribution in [1.82, 2.24) is 15.1 Å². The number of nitrogens with zero attached hydrogens (tertiary/aromatic N) is 2. The Morgan fingerprint density at radius 1 is 0.690 bits per heavy atom. The fourth-order valence-corrected chi connectivity index (χ4v) is 4.55. The first-order valence-corrected chi connectivity index (χ1v) is 11.5. The van der Waals surface area contributed by atoms with Crippen LogP contribution in [0, 0.1) is 0 Å². The predicted molar refractivity (Wildman–Crippen MR) is 124 cm³/mol. The molecule has 29 heavy (non-hydrogen) atoms. The van der Waals surface area contributed by atoms with Crippen LogP contribution in [0.1, 0.15) is 51.2 Å². The van der Waals surface area contributed by atoms with Crippen LogP contribution in [0.15, 0.2) is 60.7 Å². The summed E-state index contributed by atoms with van der Waals surface area (Å²) in [5.41, 5.74) is 2.84. The molecule has 3 heteroatoms. The third kappa shape index (κ3) is 6.40. The highest BCUT2D eigenvalue weighted by atomic mass is 15.3. The molecule has 0 aliphatic carbocycles. The lowest BCUT2D eigenvalue weighted by Crippen LogP contribution is -2.47. The topological polar surface area (TPSA) is 18.5 Å². The summed E-state index contributed by atoms with van der Waals surface area (Å²) in [4.78, 5) is 5.46. The maximum absolute atomic E-state index is 3.91. The average Bonchev–Trinajstić information content (AvgIpc) is 2.83. The van der Waals surface area contributed by atoms with Gasteiger partial charge in [-0.25, -0.2) is 0 Å². The molecule has 0 unspecified atom stereocenters. The van der Waals surface area contributed by atoms with Crippen LogP contribution in [0.5, 0.6) is 0 Å². The summed E-state index contributed by atoms with van der Waals surface area (Å²) < 4.78 is 0. The summed E-state index contributed by atoms with van der Waals surface area (Å²) >= 11 is 0. The van der Waals surface area contributed by atoms with E-state index in [-0.39, 0.29) is 0 Å². The van der Waals surface area contributed by atoms with Crippen LogP contribution < -0.4 is 5.32 Å². The van der Waals surface area contributed by atoms with Gasteiger partial charge in [0.15, 0.2) is 0 Å². The zero-order valence-electron chi connectivity index (χ0n) is 18.6. The summed E-state index contributed by atoms with van der Waals surface area (Å²) in [6.07, 6.45) is 3.55. The first-order valence-electron chi connectivity index (χ1n) is 11.5. The SMILES string of the molecule is CC[C@H]1CN(Cc2ccccc2)[C@@H](CC)CN(Cc2ccccc2)[C@@H](CC)CN1. The lowest BCUT2D eigenvalue weighted by molar-refractivity contribution is 0.104. The van der Waals surface area contributed by atoms with Crippen molar-refractivity contribution in [1.29, 1.82) is 0 Å². The summed E-state index contributed by atoms with van der Waals surface area (Å²) in [7, 11) is 0. The molecule has 1 saturated heterocycles. The molecule has 3 nitrogen and oxygen atoms in total. The summed E-state index contributed by atoms with van der Waals surface area (Å²) in [5, 5.41) is 3.91. The molecule has 1 N–H and O–H groups in total. The van der Waals surface area contributed by atoms with E-state index in [1.807, 2.05) is 0 Å². The molecule has 0 aromatic heterocycles. The summed E-state index contributed by atoms with van der Waals surface area (Å²) in [6, 6.07) is 23.7. The van der Waals surface area contributed by atoms with Crippen LogP contribution in [0.2, 0.25) is 0 Å². The second-order valence-electron chi connectivity index (χ2n) is 8.47. The number of hydrogen-bond acceptors (Lipinski definition) is 3. The lowest BCUT2D eigenvalue weighted by atomic mass is 10.1. The Balaban J connectivity index is 1.84. The quantitative estimate of drug-likeness (QED) is 0.719. The Kier molecular flexibility index (Phi) is 8.72. The third-order valence-corrected chi connectivity index (χ3v) is 6.47. The molecule has 1 fully saturated rings. The molecule has 0 saturated carbocycles. The molecule has 158 valence electrons. The minimum atomic E-state index is 0.554. The first kappa shape index (κ1) is 22.0. The van der Waals surface area contributed by atoms with Crippen LogP contribution in [-0.2, 0) is 13.1 Å². The zero-order chi connectivity index (χ0) is 20.5. The van der Waals surface area contributed by atoms with Crippen LogP contribution in [0.3, 0.4) is 0 Å². The maximum Gasteiger partial charge on any atom is 0.0237 e. The Hall–Kier alpha value is -1.68. The molecule has 1 aliphatic rings. The van der Waals surface area contributed by atoms with Crippen molar-refractivity contribution >= 4 is 0 Å². The van der Waals surface area contributed by atoms with Gasteiger partial charge in [0.1, 0.15) is 0 Å². The number of benzene rings is 2. The largest absolute Gasteiger partial charge is 0.311 e. The number of nitrogens with one attached hydrogen (secondary N) is 1. The van der Waals surface area contributed by atoms with Gasteiger partial charge >= 0.3 is 0 Å². The fourth-order valence-electron chi connectivity index (χ4n) is 4.55. The van der Waals surface area contributed by atoms with Gasteiger partial charge in [-0.2, -0.15) is 0 Å². The van der Waals surface area contributed by atoms with Crippen LogP contribution >= 0.6 is 0 Å². The van der Waals surface area contributed by atoms with E-state index in [1.54, 1.807) is 0 Å². The van der Waals surface area contributed by atoms with Gasteiger partial charge in [0.2, 0.25) is 0 Å². The van der Waals surface area contributed by atoms with E-state index < -0.39 is 0 Å². The van der Waals surface area contributed by atoms with Crippen molar-refractivity contribution in [3.8, 4) is 0 Å². The predicted octanol–water partition coefficient (Wildman–Crippen LogP) is 4.93.